The Morgan fingerprint density at radius 3 is 0.992 bits per heavy atom. The third-order valence-electron chi connectivity index (χ3n) is 22.4. The molecule has 0 bridgehead atoms. The van der Waals surface area contributed by atoms with Crippen LogP contribution in [-0.4, -0.2) is 177 Å². The SMILES string of the molecule is CC(=O)CC(C(=O)N1CCc2cc(OCc3ccccc3)ccc2C1C(=O)NCCN(C(C)C)C(C)C)c1ccccc1.CC(=O)CC(C(=O)N1CCc2cc(OCc3ccccc3)ccc2C1C(=O)NCCN(C(C)C)C(C)C)c1ccccc1.CC(C)N(CCNC(=O)C1c2ccc(Oc3ccccc3)cc2CCN1C(=O)OC(C)(C)C)C(C)C. The predicted octanol–water partition coefficient (Wildman–Crippen LogP) is 16.9. The Kier molecular flexibility index (Phi) is 35.6. The van der Waals surface area contributed by atoms with E-state index in [-0.39, 0.29) is 53.9 Å². The van der Waals surface area contributed by atoms with Crippen LogP contribution in [0.3, 0.4) is 0 Å². The predicted molar refractivity (Wildman–Crippen MR) is 482 cm³/mol. The highest BCUT2D eigenvalue weighted by atomic mass is 16.6. The lowest BCUT2D eigenvalue weighted by atomic mass is 9.87. The Morgan fingerprint density at radius 1 is 0.377 bits per heavy atom. The van der Waals surface area contributed by atoms with Crippen molar-refractivity contribution in [2.75, 3.05) is 58.9 Å². The van der Waals surface area contributed by atoms with Gasteiger partial charge in [-0.1, -0.05) is 158 Å². The van der Waals surface area contributed by atoms with Crippen LogP contribution in [0.4, 0.5) is 4.79 Å². The Bertz CT molecular complexity index is 4470. The molecule has 0 fully saturated rings. The van der Waals surface area contributed by atoms with Crippen molar-refractivity contribution in [1.82, 2.24) is 45.3 Å². The summed E-state index contributed by atoms with van der Waals surface area (Å²) < 4.78 is 23.8. The molecule has 0 aliphatic carbocycles. The number of benzene rings is 8. The van der Waals surface area contributed by atoms with E-state index >= 15 is 0 Å². The summed E-state index contributed by atoms with van der Waals surface area (Å²) in [6, 6.07) is 65.4. The summed E-state index contributed by atoms with van der Waals surface area (Å²) in [5, 5.41) is 9.33. The van der Waals surface area contributed by atoms with E-state index in [0.29, 0.717) is 127 Å². The monoisotopic (exact) mass is 1660 g/mol. The van der Waals surface area contributed by atoms with Crippen molar-refractivity contribution in [3.63, 3.8) is 0 Å². The molecule has 652 valence electrons. The second-order valence-electron chi connectivity index (χ2n) is 34.6. The standard InChI is InChI=1S/2C36H45N3O4.C29H41N3O4/c2*1-25(2)38(26(3)4)21-19-37-35(41)34-32-17-16-31(43-24-28-12-8-6-9-13-28)23-30(32)18-20-39(34)36(42)33(22-27(5)40)29-14-10-7-11-15-29;1-20(2)31(21(3)4)18-16-30-27(33)26-25-14-13-24(35-23-11-9-8-10-12-23)19-22(25)15-17-32(26)28(34)36-29(5,6)7/h2*6-17,23,25-26,33-34H,18-22,24H2,1-5H3,(H,37,41);8-14,19-21,26H,15-18H2,1-7H3,(H,30,33). The molecule has 0 aromatic heterocycles. The van der Waals surface area contributed by atoms with Crippen molar-refractivity contribution in [3.05, 3.63) is 262 Å². The summed E-state index contributed by atoms with van der Waals surface area (Å²) in [7, 11) is 0. The third kappa shape index (κ3) is 27.2. The zero-order chi connectivity index (χ0) is 88.3. The van der Waals surface area contributed by atoms with Gasteiger partial charge in [-0.2, -0.15) is 0 Å². The molecule has 5 unspecified atom stereocenters. The minimum atomic E-state index is -0.802. The number of fused-ring (bicyclic) bond motifs is 3. The average molecular weight is 1660 g/mol. The summed E-state index contributed by atoms with van der Waals surface area (Å²) in [6.07, 6.45) is 1.48. The van der Waals surface area contributed by atoms with Gasteiger partial charge in [-0.05, 0) is 241 Å². The maximum atomic E-state index is 14.2. The summed E-state index contributed by atoms with van der Waals surface area (Å²) in [6.45, 7) is 39.9. The van der Waals surface area contributed by atoms with Crippen molar-refractivity contribution in [2.45, 2.75) is 235 Å². The quantitative estimate of drug-likeness (QED) is 0.0341. The molecule has 3 heterocycles. The molecule has 3 N–H and O–H groups in total. The molecular formula is C101H131N9O12. The average Bonchev–Trinajstić information content (AvgIpc) is 0.779. The number of carbonyl (C=O) groups excluding carboxylic acids is 8. The molecule has 3 aliphatic heterocycles. The van der Waals surface area contributed by atoms with Crippen LogP contribution in [0.25, 0.3) is 0 Å². The van der Waals surface area contributed by atoms with E-state index in [1.54, 1.807) is 14.7 Å². The number of rotatable bonds is 34. The van der Waals surface area contributed by atoms with Gasteiger partial charge in [0.15, 0.2) is 0 Å². The number of nitrogens with one attached hydrogen (secondary N) is 3. The Balaban J connectivity index is 0.000000209. The van der Waals surface area contributed by atoms with Gasteiger partial charge >= 0.3 is 6.09 Å². The van der Waals surface area contributed by atoms with Gasteiger partial charge in [0.2, 0.25) is 29.5 Å². The first-order chi connectivity index (χ1) is 58.3. The van der Waals surface area contributed by atoms with E-state index in [1.807, 2.05) is 227 Å². The van der Waals surface area contributed by atoms with Gasteiger partial charge in [0.1, 0.15) is 71.5 Å². The first kappa shape index (κ1) is 94.8. The number of Topliss-reactive ketones (excluding diaryl/α,β-unsaturated/α-hetero) is 2. The molecule has 8 aromatic rings. The minimum Gasteiger partial charge on any atom is -0.489 e. The second-order valence-corrected chi connectivity index (χ2v) is 34.6. The Hall–Kier alpha value is -11.0. The molecule has 21 heteroatoms. The van der Waals surface area contributed by atoms with E-state index in [0.717, 1.165) is 79.4 Å². The number of ether oxygens (including phenoxy) is 4. The summed E-state index contributed by atoms with van der Waals surface area (Å²) in [5.74, 6) is 0.427. The summed E-state index contributed by atoms with van der Waals surface area (Å²) >= 11 is 0. The second kappa shape index (κ2) is 45.8. The van der Waals surface area contributed by atoms with E-state index < -0.39 is 41.7 Å². The van der Waals surface area contributed by atoms with Crippen molar-refractivity contribution < 1.29 is 57.3 Å². The molecule has 0 spiro atoms. The number of ketones is 2. The van der Waals surface area contributed by atoms with E-state index in [4.69, 9.17) is 18.9 Å². The smallest absolute Gasteiger partial charge is 0.411 e. The molecule has 0 saturated heterocycles. The van der Waals surface area contributed by atoms with Gasteiger partial charge in [-0.15, -0.1) is 0 Å². The van der Waals surface area contributed by atoms with Gasteiger partial charge in [0, 0.05) is 108 Å². The number of hydrogen-bond acceptors (Lipinski definition) is 15. The molecule has 122 heavy (non-hydrogen) atoms. The maximum Gasteiger partial charge on any atom is 0.411 e. The molecule has 0 saturated carbocycles. The fourth-order valence-corrected chi connectivity index (χ4v) is 16.6. The fraction of sp³-hybridized carbons (Fsp3) is 0.446. The molecule has 3 aliphatic rings. The lowest BCUT2D eigenvalue weighted by Gasteiger charge is -2.38. The van der Waals surface area contributed by atoms with E-state index in [1.165, 1.54) is 13.8 Å². The normalized spacial score (nSPS) is 15.5. The first-order valence-corrected chi connectivity index (χ1v) is 43.5. The number of hydrogen-bond donors (Lipinski definition) is 3. The fourth-order valence-electron chi connectivity index (χ4n) is 16.6. The Labute approximate surface area is 724 Å². The van der Waals surface area contributed by atoms with Crippen molar-refractivity contribution in [2.24, 2.45) is 0 Å². The van der Waals surface area contributed by atoms with Gasteiger partial charge in [0.25, 0.3) is 0 Å². The summed E-state index contributed by atoms with van der Waals surface area (Å²) in [5.41, 5.74) is 8.42. The molecule has 5 atom stereocenters. The van der Waals surface area contributed by atoms with Crippen molar-refractivity contribution in [3.8, 4) is 23.0 Å². The number of carbonyl (C=O) groups is 8. The van der Waals surface area contributed by atoms with Gasteiger partial charge in [0.05, 0.1) is 11.8 Å². The van der Waals surface area contributed by atoms with Gasteiger partial charge in [-0.3, -0.25) is 53.2 Å². The van der Waals surface area contributed by atoms with Crippen LogP contribution in [0.15, 0.2) is 206 Å². The molecule has 6 amide bonds. The van der Waals surface area contributed by atoms with E-state index in [2.05, 4.69) is 114 Å². The zero-order valence-electron chi connectivity index (χ0n) is 74.9. The van der Waals surface area contributed by atoms with Crippen LogP contribution in [0.5, 0.6) is 23.0 Å². The van der Waals surface area contributed by atoms with E-state index in [9.17, 15) is 38.4 Å². The number of nitrogens with zero attached hydrogens (tertiary/aromatic N) is 6. The van der Waals surface area contributed by atoms with Crippen LogP contribution in [0.1, 0.15) is 216 Å². The first-order valence-electron chi connectivity index (χ1n) is 43.5. The highest BCUT2D eigenvalue weighted by Crippen LogP contribution is 2.40. The lowest BCUT2D eigenvalue weighted by Crippen LogP contribution is -2.50. The number of amides is 6. The Morgan fingerprint density at radius 2 is 0.672 bits per heavy atom. The van der Waals surface area contributed by atoms with Crippen LogP contribution in [0.2, 0.25) is 0 Å². The maximum absolute atomic E-state index is 14.2. The minimum absolute atomic E-state index is 0.0664. The highest BCUT2D eigenvalue weighted by molar-refractivity contribution is 5.96. The van der Waals surface area contributed by atoms with Crippen LogP contribution in [-0.2, 0) is 70.8 Å². The molecule has 11 rings (SSSR count). The van der Waals surface area contributed by atoms with Gasteiger partial charge < -0.3 is 44.7 Å². The zero-order valence-corrected chi connectivity index (χ0v) is 74.9. The van der Waals surface area contributed by atoms with Crippen LogP contribution < -0.4 is 30.2 Å². The van der Waals surface area contributed by atoms with Crippen molar-refractivity contribution in [1.29, 1.82) is 0 Å². The molecular weight excluding hydrogens is 1530 g/mol. The topological polar surface area (TPSA) is 229 Å². The van der Waals surface area contributed by atoms with Crippen LogP contribution in [0, 0.1) is 0 Å². The molecule has 0 radical (unpaired) electrons. The molecule has 21 nitrogen and oxygen atoms in total. The number of para-hydroxylation sites is 1. The molecule has 8 aromatic carbocycles. The lowest BCUT2D eigenvalue weighted by molar-refractivity contribution is -0.143. The van der Waals surface area contributed by atoms with Gasteiger partial charge in [-0.25, -0.2) is 4.79 Å². The highest BCUT2D eigenvalue weighted by Gasteiger charge is 2.43. The van der Waals surface area contributed by atoms with Crippen LogP contribution >= 0.6 is 0 Å². The third-order valence-corrected chi connectivity index (χ3v) is 22.4. The largest absolute Gasteiger partial charge is 0.489 e. The summed E-state index contributed by atoms with van der Waals surface area (Å²) in [4.78, 5) is 119. The van der Waals surface area contributed by atoms with Crippen molar-refractivity contribution >= 4 is 47.2 Å².